The van der Waals surface area contributed by atoms with Gasteiger partial charge in [-0.3, -0.25) is 4.79 Å². The first-order valence-corrected chi connectivity index (χ1v) is 25.3. The molecular formula is C52H84N4O16. The molecule has 408 valence electrons. The third-order valence-corrected chi connectivity index (χ3v) is 13.8. The molecule has 0 radical (unpaired) electrons. The van der Waals surface area contributed by atoms with Gasteiger partial charge in [0.15, 0.2) is 12.1 Å². The van der Waals surface area contributed by atoms with E-state index in [2.05, 4.69) is 10.2 Å². The van der Waals surface area contributed by atoms with Gasteiger partial charge in [-0.1, -0.05) is 98.9 Å². The SMILES string of the molecule is C[C@@H]1[C@H](O)[C@@H](C)/C=C/C=C/C=C/C=C/C=C/C=C/C=C/[C@H](O[C@@H]2O[C@H](C)[C@@H](O)[C@H](N)C2O)C[C@@H]2O[C@](O)(C[C@@H](O)C[C@@H](O)[C@H](O)CC[C@@H](O)C[C@@H](O)CC(=O)O[C@H]1C)C[C@H](O)[C@H]2NC(=O)N1CCN(C)CC1. The van der Waals surface area contributed by atoms with E-state index in [0.29, 0.717) is 26.2 Å². The summed E-state index contributed by atoms with van der Waals surface area (Å²) in [5.74, 6) is -3.69. The molecule has 2 bridgehead atoms. The highest BCUT2D eigenvalue weighted by Gasteiger charge is 2.49. The van der Waals surface area contributed by atoms with Crippen LogP contribution in [0.3, 0.4) is 0 Å². The summed E-state index contributed by atoms with van der Waals surface area (Å²) in [6.45, 7) is 8.90. The van der Waals surface area contributed by atoms with Gasteiger partial charge in [-0.2, -0.15) is 0 Å². The summed E-state index contributed by atoms with van der Waals surface area (Å²) in [5, 5.41) is 113. The number of esters is 1. The van der Waals surface area contributed by atoms with Gasteiger partial charge in [-0.25, -0.2) is 4.79 Å². The van der Waals surface area contributed by atoms with Crippen molar-refractivity contribution >= 4 is 12.0 Å². The van der Waals surface area contributed by atoms with Crippen LogP contribution in [0.2, 0.25) is 0 Å². The van der Waals surface area contributed by atoms with Gasteiger partial charge in [0, 0.05) is 63.7 Å². The summed E-state index contributed by atoms with van der Waals surface area (Å²) in [6, 6.07) is -2.72. The molecule has 4 rings (SSSR count). The van der Waals surface area contributed by atoms with Crippen LogP contribution < -0.4 is 11.1 Å². The first kappa shape index (κ1) is 60.9. The number of cyclic esters (lactones) is 1. The second-order valence-electron chi connectivity index (χ2n) is 20.0. The van der Waals surface area contributed by atoms with Crippen molar-refractivity contribution in [1.29, 1.82) is 0 Å². The van der Waals surface area contributed by atoms with Gasteiger partial charge in [0.1, 0.15) is 12.2 Å². The molecule has 2 amide bonds. The van der Waals surface area contributed by atoms with Gasteiger partial charge in [0.2, 0.25) is 0 Å². The predicted molar refractivity (Wildman–Crippen MR) is 267 cm³/mol. The molecule has 4 aliphatic heterocycles. The van der Waals surface area contributed by atoms with Crippen molar-refractivity contribution in [3.8, 4) is 0 Å². The Kier molecular flexibility index (Phi) is 25.4. The number of amides is 2. The van der Waals surface area contributed by atoms with Gasteiger partial charge in [0.05, 0.1) is 85.6 Å². The van der Waals surface area contributed by atoms with Crippen LogP contribution in [0.5, 0.6) is 0 Å². The molecule has 0 aromatic rings. The van der Waals surface area contributed by atoms with Crippen LogP contribution in [0.4, 0.5) is 4.79 Å². The second kappa shape index (κ2) is 30.0. The highest BCUT2D eigenvalue weighted by Crippen LogP contribution is 2.35. The zero-order chi connectivity index (χ0) is 53.1. The molecule has 4 heterocycles. The molecule has 0 aromatic carbocycles. The molecule has 20 heteroatoms. The highest BCUT2D eigenvalue weighted by atomic mass is 16.7. The van der Waals surface area contributed by atoms with Crippen molar-refractivity contribution < 1.29 is 79.6 Å². The van der Waals surface area contributed by atoms with E-state index in [1.165, 1.54) is 0 Å². The lowest BCUT2D eigenvalue weighted by atomic mass is 9.87. The number of urea groups is 1. The van der Waals surface area contributed by atoms with E-state index < -0.39 is 147 Å². The predicted octanol–water partition coefficient (Wildman–Crippen LogP) is 0.337. The Hall–Kier alpha value is -3.68. The molecule has 72 heavy (non-hydrogen) atoms. The normalized spacial score (nSPS) is 43.8. The number of allylic oxidation sites excluding steroid dienone is 12. The summed E-state index contributed by atoms with van der Waals surface area (Å²) in [4.78, 5) is 30.0. The van der Waals surface area contributed by atoms with Crippen LogP contribution in [0, 0.1) is 11.8 Å². The third kappa shape index (κ3) is 19.9. The van der Waals surface area contributed by atoms with Gasteiger partial charge >= 0.3 is 12.0 Å². The maximum atomic E-state index is 13.7. The number of nitrogens with zero attached hydrogens (tertiary/aromatic N) is 2. The topological polar surface area (TPSA) is 318 Å². The van der Waals surface area contributed by atoms with Crippen LogP contribution in [0.15, 0.2) is 85.1 Å². The van der Waals surface area contributed by atoms with Crippen molar-refractivity contribution in [2.45, 2.75) is 183 Å². The number of hydrogen-bond donors (Lipinski definition) is 12. The third-order valence-electron chi connectivity index (χ3n) is 13.8. The number of carbonyl (C=O) groups is 2. The molecule has 0 spiro atoms. The quantitative estimate of drug-likeness (QED) is 0.170. The largest absolute Gasteiger partial charge is 0.462 e. The first-order valence-electron chi connectivity index (χ1n) is 25.3. The minimum absolute atomic E-state index is 0.0886. The maximum Gasteiger partial charge on any atom is 0.317 e. The lowest BCUT2D eigenvalue weighted by Crippen LogP contribution is -2.64. The monoisotopic (exact) mass is 1020 g/mol. The van der Waals surface area contributed by atoms with Crippen LogP contribution in [-0.4, -0.2) is 210 Å². The van der Waals surface area contributed by atoms with Gasteiger partial charge in [0.25, 0.3) is 0 Å². The van der Waals surface area contributed by atoms with Gasteiger partial charge < -0.3 is 90.9 Å². The van der Waals surface area contributed by atoms with Crippen LogP contribution >= 0.6 is 0 Å². The van der Waals surface area contributed by atoms with Gasteiger partial charge in [-0.15, -0.1) is 0 Å². The Morgan fingerprint density at radius 3 is 1.88 bits per heavy atom. The number of nitrogens with one attached hydrogen (secondary N) is 1. The Balaban J connectivity index is 1.60. The minimum Gasteiger partial charge on any atom is -0.462 e. The average molecular weight is 1020 g/mol. The molecule has 3 fully saturated rings. The van der Waals surface area contributed by atoms with E-state index in [1.54, 1.807) is 68.2 Å². The first-order chi connectivity index (χ1) is 34.1. The number of likely N-dealkylation sites (N-methyl/N-ethyl adjacent to an activating group) is 1. The van der Waals surface area contributed by atoms with E-state index in [9.17, 15) is 60.7 Å². The fraction of sp³-hybridized carbons (Fsp3) is 0.692. The summed E-state index contributed by atoms with van der Waals surface area (Å²) < 4.78 is 23.9. The summed E-state index contributed by atoms with van der Waals surface area (Å²) >= 11 is 0. The molecular weight excluding hydrogens is 937 g/mol. The van der Waals surface area contributed by atoms with E-state index >= 15 is 0 Å². The molecule has 19 atom stereocenters. The summed E-state index contributed by atoms with van der Waals surface area (Å²) in [5.41, 5.74) is 6.13. The Morgan fingerprint density at radius 1 is 0.681 bits per heavy atom. The van der Waals surface area contributed by atoms with E-state index in [0.717, 1.165) is 0 Å². The molecule has 4 aliphatic rings. The molecule has 3 saturated heterocycles. The van der Waals surface area contributed by atoms with E-state index in [-0.39, 0.29) is 31.6 Å². The maximum absolute atomic E-state index is 13.7. The van der Waals surface area contributed by atoms with Crippen LogP contribution in [0.1, 0.15) is 79.1 Å². The smallest absolute Gasteiger partial charge is 0.317 e. The Bertz CT molecular complexity index is 1860. The number of hydrogen-bond acceptors (Lipinski definition) is 18. The van der Waals surface area contributed by atoms with Crippen molar-refractivity contribution in [2.75, 3.05) is 33.2 Å². The molecule has 1 unspecified atom stereocenters. The van der Waals surface area contributed by atoms with E-state index in [1.807, 2.05) is 56.5 Å². The Labute approximate surface area is 424 Å². The number of aliphatic hydroxyl groups excluding tert-OH is 9. The molecule has 20 nitrogen and oxygen atoms in total. The zero-order valence-electron chi connectivity index (χ0n) is 42.4. The number of rotatable bonds is 3. The lowest BCUT2D eigenvalue weighted by molar-refractivity contribution is -0.303. The fourth-order valence-corrected chi connectivity index (χ4v) is 9.08. The number of carbonyl (C=O) groups excluding carboxylic acids is 2. The zero-order valence-corrected chi connectivity index (χ0v) is 42.4. The van der Waals surface area contributed by atoms with Crippen molar-refractivity contribution in [3.05, 3.63) is 85.1 Å². The van der Waals surface area contributed by atoms with Crippen molar-refractivity contribution in [3.63, 3.8) is 0 Å². The van der Waals surface area contributed by atoms with Crippen LogP contribution in [0.25, 0.3) is 0 Å². The lowest BCUT2D eigenvalue weighted by Gasteiger charge is -2.47. The minimum atomic E-state index is -2.24. The molecule has 0 aromatic heterocycles. The molecule has 0 aliphatic carbocycles. The molecule has 13 N–H and O–H groups in total. The standard InChI is InChI=1S/C52H84N4O16/c1-32-18-16-14-12-10-8-6-7-9-11-13-15-17-19-39(71-50-49(66)45(53)48(65)35(4)70-50)29-43-46(54-51(67)56-24-22-55(5)23-25-56)42(62)31-52(68,72-43)30-38(59)27-41(61)40(60)21-20-36(57)26-37(58)28-44(63)69-34(3)33(2)47(32)64/h6-19,32-43,45-50,57-62,64-66,68H,20-31,53H2,1-5H3,(H,54,67)/b7-6+,10-8+,11-9+,14-12+,15-13+,18-16+,19-17+/t32-,33-,34-,35+,36+,37+,38-,39-,40+,41+,42-,43-,45-,46+,47+,48+,49?,50-,52+/m0/s1. The fourth-order valence-electron chi connectivity index (χ4n) is 9.08. The molecule has 0 saturated carbocycles. The summed E-state index contributed by atoms with van der Waals surface area (Å²) in [7, 11) is 1.94. The van der Waals surface area contributed by atoms with Gasteiger partial charge in [-0.05, 0) is 40.2 Å². The number of fused-ring (bicyclic) bond motifs is 2. The Morgan fingerprint density at radius 2 is 1.26 bits per heavy atom. The number of aliphatic hydroxyl groups is 10. The summed E-state index contributed by atoms with van der Waals surface area (Å²) in [6.07, 6.45) is 5.37. The highest BCUT2D eigenvalue weighted by molar-refractivity contribution is 5.75. The second-order valence-corrected chi connectivity index (χ2v) is 20.0. The number of nitrogens with two attached hydrogens (primary N) is 1. The average Bonchev–Trinajstić information content (AvgIpc) is 3.31. The van der Waals surface area contributed by atoms with E-state index in [4.69, 9.17) is 24.7 Å². The number of piperazine rings is 1. The number of ether oxygens (including phenoxy) is 4. The van der Waals surface area contributed by atoms with Crippen molar-refractivity contribution in [2.24, 2.45) is 17.6 Å². The van der Waals surface area contributed by atoms with Crippen LogP contribution in [-0.2, 0) is 23.7 Å². The van der Waals surface area contributed by atoms with Crippen molar-refractivity contribution in [1.82, 2.24) is 15.1 Å².